The van der Waals surface area contributed by atoms with Crippen molar-refractivity contribution < 1.29 is 18.0 Å². The summed E-state index contributed by atoms with van der Waals surface area (Å²) in [6.45, 7) is 5.33. The minimum atomic E-state index is -3.82. The topological polar surface area (TPSA) is 104 Å². The number of anilines is 1. The van der Waals surface area contributed by atoms with E-state index in [1.54, 1.807) is 63.2 Å². The Hall–Kier alpha value is -4.27. The van der Waals surface area contributed by atoms with Gasteiger partial charge in [-0.3, -0.25) is 9.59 Å². The molecule has 0 aliphatic heterocycles. The number of sulfonamides is 1. The van der Waals surface area contributed by atoms with Crippen LogP contribution >= 0.6 is 0 Å². The van der Waals surface area contributed by atoms with Gasteiger partial charge in [0, 0.05) is 34.5 Å². The van der Waals surface area contributed by atoms with Gasteiger partial charge in [0.25, 0.3) is 0 Å². The Kier molecular flexibility index (Phi) is 8.82. The highest BCUT2D eigenvalue weighted by atomic mass is 32.2. The first kappa shape index (κ1) is 28.7. The van der Waals surface area contributed by atoms with Gasteiger partial charge >= 0.3 is 0 Å². The summed E-state index contributed by atoms with van der Waals surface area (Å²) in [4.78, 5) is 26.5. The predicted octanol–water partition coefficient (Wildman–Crippen LogP) is 5.30. The lowest BCUT2D eigenvalue weighted by Crippen LogP contribution is -2.44. The first-order valence-corrected chi connectivity index (χ1v) is 14.4. The largest absolute Gasteiger partial charge is 0.340 e. The minimum absolute atomic E-state index is 0.121. The molecule has 8 heteroatoms. The van der Waals surface area contributed by atoms with Crippen LogP contribution in [0.2, 0.25) is 0 Å². The Bertz CT molecular complexity index is 1630. The number of rotatable bonds is 9. The Labute approximate surface area is 235 Å². The maximum atomic E-state index is 13.6. The van der Waals surface area contributed by atoms with Gasteiger partial charge < -0.3 is 10.6 Å². The Morgan fingerprint density at radius 1 is 0.800 bits per heavy atom. The molecule has 0 aromatic heterocycles. The van der Waals surface area contributed by atoms with E-state index in [0.29, 0.717) is 16.5 Å². The van der Waals surface area contributed by atoms with Crippen molar-refractivity contribution in [3.63, 3.8) is 0 Å². The fourth-order valence-electron chi connectivity index (χ4n) is 4.32. The molecule has 7 nitrogen and oxygen atoms in total. The molecule has 0 heterocycles. The zero-order valence-electron chi connectivity index (χ0n) is 22.7. The summed E-state index contributed by atoms with van der Waals surface area (Å²) in [5.41, 5.74) is 1.53. The van der Waals surface area contributed by atoms with Crippen molar-refractivity contribution in [2.75, 3.05) is 5.32 Å². The van der Waals surface area contributed by atoms with E-state index >= 15 is 0 Å². The second kappa shape index (κ2) is 12.3. The van der Waals surface area contributed by atoms with E-state index in [9.17, 15) is 18.0 Å². The smallest absolute Gasteiger partial charge is 0.247 e. The Morgan fingerprint density at radius 2 is 1.43 bits per heavy atom. The molecule has 0 saturated heterocycles. The fourth-order valence-corrected chi connectivity index (χ4v) is 5.96. The summed E-state index contributed by atoms with van der Waals surface area (Å²) in [5.74, 6) is -0.821. The zero-order chi connectivity index (χ0) is 28.8. The second-order valence-electron chi connectivity index (χ2n) is 10.5. The second-order valence-corrected chi connectivity index (χ2v) is 12.1. The quantitative estimate of drug-likeness (QED) is 0.244. The van der Waals surface area contributed by atoms with Crippen LogP contribution in [-0.2, 0) is 26.0 Å². The molecule has 1 atom stereocenters. The lowest BCUT2D eigenvalue weighted by molar-refractivity contribution is -0.123. The van der Waals surface area contributed by atoms with Crippen molar-refractivity contribution in [2.45, 2.75) is 43.7 Å². The molecule has 3 N–H and O–H groups in total. The van der Waals surface area contributed by atoms with Gasteiger partial charge in [-0.25, -0.2) is 13.1 Å². The molecule has 0 bridgehead atoms. The number of carbonyl (C=O) groups excluding carboxylic acids is 2. The first-order valence-electron chi connectivity index (χ1n) is 13.0. The van der Waals surface area contributed by atoms with Crippen LogP contribution in [0.4, 0.5) is 5.69 Å². The van der Waals surface area contributed by atoms with Crippen molar-refractivity contribution in [2.24, 2.45) is 0 Å². The van der Waals surface area contributed by atoms with Gasteiger partial charge in [0.1, 0.15) is 6.04 Å². The van der Waals surface area contributed by atoms with Crippen molar-refractivity contribution in [1.82, 2.24) is 10.0 Å². The van der Waals surface area contributed by atoms with E-state index in [1.165, 1.54) is 6.08 Å². The molecule has 206 valence electrons. The highest BCUT2D eigenvalue weighted by Gasteiger charge is 2.25. The average Bonchev–Trinajstić information content (AvgIpc) is 2.91. The molecular formula is C32H33N3O4S. The van der Waals surface area contributed by atoms with Crippen LogP contribution in [0.15, 0.2) is 108 Å². The summed E-state index contributed by atoms with van der Waals surface area (Å²) in [6, 6.07) is 28.0. The molecule has 4 aromatic rings. The fraction of sp³-hybridized carbons (Fsp3) is 0.188. The summed E-state index contributed by atoms with van der Waals surface area (Å²) in [7, 11) is -3.82. The molecule has 4 aromatic carbocycles. The van der Waals surface area contributed by atoms with Crippen LogP contribution in [0.5, 0.6) is 0 Å². The third kappa shape index (κ3) is 7.65. The number of amides is 2. The van der Waals surface area contributed by atoms with E-state index in [0.717, 1.165) is 11.1 Å². The van der Waals surface area contributed by atoms with Crippen molar-refractivity contribution >= 4 is 44.4 Å². The molecule has 0 fully saturated rings. The van der Waals surface area contributed by atoms with Crippen molar-refractivity contribution in [3.8, 4) is 0 Å². The third-order valence-corrected chi connectivity index (χ3v) is 7.83. The monoisotopic (exact) mass is 555 g/mol. The zero-order valence-corrected chi connectivity index (χ0v) is 23.5. The SMILES string of the molecule is CC(C)(C)NS(=O)(=O)c1cccc2c(NC(=O)[C@H](Cc3ccccc3)NC(=O)/C=C/c3ccccc3)cccc12. The average molecular weight is 556 g/mol. The maximum absolute atomic E-state index is 13.6. The van der Waals surface area contributed by atoms with Gasteiger partial charge in [0.15, 0.2) is 0 Å². The van der Waals surface area contributed by atoms with E-state index < -0.39 is 33.4 Å². The number of carbonyl (C=O) groups is 2. The molecule has 2 amide bonds. The summed E-state index contributed by atoms with van der Waals surface area (Å²) >= 11 is 0. The highest BCUT2D eigenvalue weighted by Crippen LogP contribution is 2.29. The van der Waals surface area contributed by atoms with Gasteiger partial charge in [-0.1, -0.05) is 84.9 Å². The third-order valence-electron chi connectivity index (χ3n) is 6.01. The number of nitrogens with one attached hydrogen (secondary N) is 3. The normalized spacial score (nSPS) is 12.8. The summed E-state index contributed by atoms with van der Waals surface area (Å²) in [6.07, 6.45) is 3.36. The summed E-state index contributed by atoms with van der Waals surface area (Å²) in [5, 5.41) is 6.79. The van der Waals surface area contributed by atoms with E-state index in [2.05, 4.69) is 15.4 Å². The van der Waals surface area contributed by atoms with Crippen LogP contribution in [0.3, 0.4) is 0 Å². The Balaban J connectivity index is 1.61. The van der Waals surface area contributed by atoms with Crippen LogP contribution in [0.1, 0.15) is 31.9 Å². The van der Waals surface area contributed by atoms with Gasteiger partial charge in [0.05, 0.1) is 4.90 Å². The maximum Gasteiger partial charge on any atom is 0.247 e. The lowest BCUT2D eigenvalue weighted by Gasteiger charge is -2.22. The van der Waals surface area contributed by atoms with Gasteiger partial charge in [-0.15, -0.1) is 0 Å². The van der Waals surface area contributed by atoms with Crippen molar-refractivity contribution in [1.29, 1.82) is 0 Å². The van der Waals surface area contributed by atoms with Gasteiger partial charge in [-0.05, 0) is 50.1 Å². The molecular weight excluding hydrogens is 522 g/mol. The van der Waals surface area contributed by atoms with Crippen molar-refractivity contribution in [3.05, 3.63) is 114 Å². The molecule has 0 aliphatic carbocycles. The Morgan fingerprint density at radius 3 is 2.10 bits per heavy atom. The number of benzene rings is 4. The number of fused-ring (bicyclic) bond motifs is 1. The van der Waals surface area contributed by atoms with E-state index in [-0.39, 0.29) is 11.3 Å². The molecule has 0 aliphatic rings. The molecule has 40 heavy (non-hydrogen) atoms. The van der Waals surface area contributed by atoms with Crippen LogP contribution in [0, 0.1) is 0 Å². The molecule has 0 spiro atoms. The van der Waals surface area contributed by atoms with Gasteiger partial charge in [-0.2, -0.15) is 0 Å². The van der Waals surface area contributed by atoms with Gasteiger partial charge in [0.2, 0.25) is 21.8 Å². The first-order chi connectivity index (χ1) is 19.0. The van der Waals surface area contributed by atoms with Crippen LogP contribution < -0.4 is 15.4 Å². The lowest BCUT2D eigenvalue weighted by atomic mass is 10.0. The minimum Gasteiger partial charge on any atom is -0.340 e. The van der Waals surface area contributed by atoms with E-state index in [1.807, 2.05) is 60.7 Å². The molecule has 4 rings (SSSR count). The highest BCUT2D eigenvalue weighted by molar-refractivity contribution is 7.89. The predicted molar refractivity (Wildman–Crippen MR) is 160 cm³/mol. The number of hydrogen-bond acceptors (Lipinski definition) is 4. The van der Waals surface area contributed by atoms with E-state index in [4.69, 9.17) is 0 Å². The van der Waals surface area contributed by atoms with Crippen LogP contribution in [-0.4, -0.2) is 31.8 Å². The number of hydrogen-bond donors (Lipinski definition) is 3. The molecule has 0 radical (unpaired) electrons. The standard InChI is InChI=1S/C32H33N3O4S/c1-32(2,3)35-40(38,39)29-19-11-16-25-26(29)17-10-18-27(25)34-31(37)28(22-24-14-8-5-9-15-24)33-30(36)21-20-23-12-6-4-7-13-23/h4-21,28,35H,22H2,1-3H3,(H,33,36)(H,34,37)/b21-20+/t28-/m0/s1. The molecule has 0 unspecified atom stereocenters. The molecule has 0 saturated carbocycles. The summed E-state index contributed by atoms with van der Waals surface area (Å²) < 4.78 is 29.0. The van der Waals surface area contributed by atoms with Crippen LogP contribution in [0.25, 0.3) is 16.8 Å².